The van der Waals surface area contributed by atoms with Crippen molar-refractivity contribution in [2.45, 2.75) is 19.4 Å². The Balaban J connectivity index is 1.90. The Labute approximate surface area is 89.1 Å². The molecule has 0 unspecified atom stereocenters. The molecule has 1 fully saturated rings. The molecule has 15 heavy (non-hydrogen) atoms. The van der Waals surface area contributed by atoms with Gasteiger partial charge in [-0.3, -0.25) is 9.78 Å². The van der Waals surface area contributed by atoms with Crippen LogP contribution >= 0.6 is 0 Å². The van der Waals surface area contributed by atoms with Crippen molar-refractivity contribution in [3.8, 4) is 0 Å². The van der Waals surface area contributed by atoms with Gasteiger partial charge in [-0.25, -0.2) is 0 Å². The maximum absolute atomic E-state index is 11.6. The number of carbonyl (C=O) groups excluding carboxylic acids is 1. The maximum Gasteiger partial charge on any atom is 0.226 e. The fourth-order valence-corrected chi connectivity index (χ4v) is 1.52. The quantitative estimate of drug-likeness (QED) is 0.731. The first-order valence-corrected chi connectivity index (χ1v) is 5.16. The topological polar surface area (TPSA) is 54.0 Å². The van der Waals surface area contributed by atoms with Crippen LogP contribution in [0.5, 0.6) is 0 Å². The first-order valence-electron chi connectivity index (χ1n) is 5.16. The molecule has 1 amide bonds. The number of hydrogen-bond donors (Lipinski definition) is 2. The fourth-order valence-electron chi connectivity index (χ4n) is 1.52. The molecule has 0 aliphatic carbocycles. The summed E-state index contributed by atoms with van der Waals surface area (Å²) in [7, 11) is 0. The van der Waals surface area contributed by atoms with Crippen LogP contribution in [-0.2, 0) is 11.2 Å². The molecule has 0 aromatic carbocycles. The lowest BCUT2D eigenvalue weighted by Crippen LogP contribution is -2.57. The number of hydrogen-bond acceptors (Lipinski definition) is 3. The van der Waals surface area contributed by atoms with Gasteiger partial charge in [-0.15, -0.1) is 0 Å². The number of nitrogens with one attached hydrogen (secondary N) is 2. The highest BCUT2D eigenvalue weighted by molar-refractivity contribution is 5.78. The average molecular weight is 205 g/mol. The van der Waals surface area contributed by atoms with Gasteiger partial charge >= 0.3 is 0 Å². The second-order valence-corrected chi connectivity index (χ2v) is 3.87. The molecule has 80 valence electrons. The van der Waals surface area contributed by atoms with Crippen molar-refractivity contribution in [3.63, 3.8) is 0 Å². The van der Waals surface area contributed by atoms with Crippen LogP contribution in [0.2, 0.25) is 0 Å². The summed E-state index contributed by atoms with van der Waals surface area (Å²) < 4.78 is 0. The lowest BCUT2D eigenvalue weighted by atomic mass is 10.1. The highest BCUT2D eigenvalue weighted by atomic mass is 16.1. The van der Waals surface area contributed by atoms with E-state index in [0.717, 1.165) is 24.3 Å². The van der Waals surface area contributed by atoms with Crippen molar-refractivity contribution in [1.29, 1.82) is 0 Å². The first-order chi connectivity index (χ1) is 7.25. The van der Waals surface area contributed by atoms with Gasteiger partial charge in [-0.1, -0.05) is 6.07 Å². The minimum atomic E-state index is 0.0586. The molecule has 4 nitrogen and oxygen atoms in total. The summed E-state index contributed by atoms with van der Waals surface area (Å²) in [5, 5.41) is 6.06. The van der Waals surface area contributed by atoms with Crippen LogP contribution in [0, 0.1) is 6.92 Å². The molecule has 0 atom stereocenters. The van der Waals surface area contributed by atoms with Gasteiger partial charge in [0.15, 0.2) is 0 Å². The molecule has 0 radical (unpaired) electrons. The van der Waals surface area contributed by atoms with Crippen LogP contribution < -0.4 is 10.6 Å². The fraction of sp³-hybridized carbons (Fsp3) is 0.455. The molecule has 2 rings (SSSR count). The summed E-state index contributed by atoms with van der Waals surface area (Å²) in [6.45, 7) is 3.74. The maximum atomic E-state index is 11.6. The minimum absolute atomic E-state index is 0.0586. The van der Waals surface area contributed by atoms with Gasteiger partial charge in [0.2, 0.25) is 5.91 Å². The summed E-state index contributed by atoms with van der Waals surface area (Å²) in [5.74, 6) is 0.0586. The third-order valence-electron chi connectivity index (χ3n) is 2.59. The summed E-state index contributed by atoms with van der Waals surface area (Å²) >= 11 is 0. The van der Waals surface area contributed by atoms with Gasteiger partial charge in [0.05, 0.1) is 18.2 Å². The van der Waals surface area contributed by atoms with Gasteiger partial charge in [0, 0.05) is 19.3 Å². The molecular weight excluding hydrogens is 190 g/mol. The lowest BCUT2D eigenvalue weighted by molar-refractivity contribution is -0.121. The molecule has 2 N–H and O–H groups in total. The molecule has 1 aliphatic rings. The largest absolute Gasteiger partial charge is 0.350 e. The van der Waals surface area contributed by atoms with E-state index >= 15 is 0 Å². The zero-order valence-corrected chi connectivity index (χ0v) is 8.79. The smallest absolute Gasteiger partial charge is 0.226 e. The van der Waals surface area contributed by atoms with Crippen molar-refractivity contribution in [3.05, 3.63) is 29.6 Å². The molecule has 1 aliphatic heterocycles. The number of carbonyl (C=O) groups is 1. The Morgan fingerprint density at radius 3 is 3.07 bits per heavy atom. The van der Waals surface area contributed by atoms with Crippen LogP contribution in [0.3, 0.4) is 0 Å². The van der Waals surface area contributed by atoms with Gasteiger partial charge in [0.1, 0.15) is 0 Å². The van der Waals surface area contributed by atoms with E-state index in [1.54, 1.807) is 6.20 Å². The normalized spacial score (nSPS) is 15.8. The van der Waals surface area contributed by atoms with E-state index in [9.17, 15) is 4.79 Å². The Kier molecular flexibility index (Phi) is 2.97. The zero-order chi connectivity index (χ0) is 10.7. The van der Waals surface area contributed by atoms with E-state index in [1.165, 1.54) is 0 Å². The predicted octanol–water partition coefficient (Wildman–Crippen LogP) is 0.0205. The number of pyridine rings is 1. The summed E-state index contributed by atoms with van der Waals surface area (Å²) in [6.07, 6.45) is 2.10. The number of aryl methyl sites for hydroxylation is 1. The van der Waals surface area contributed by atoms with Crippen LogP contribution in [0.4, 0.5) is 0 Å². The predicted molar refractivity (Wildman–Crippen MR) is 57.5 cm³/mol. The highest BCUT2D eigenvalue weighted by Crippen LogP contribution is 2.04. The Hall–Kier alpha value is -1.42. The van der Waals surface area contributed by atoms with Crippen molar-refractivity contribution in [1.82, 2.24) is 15.6 Å². The van der Waals surface area contributed by atoms with Crippen LogP contribution in [-0.4, -0.2) is 30.0 Å². The Morgan fingerprint density at radius 2 is 2.47 bits per heavy atom. The number of rotatable bonds is 3. The molecule has 4 heteroatoms. The summed E-state index contributed by atoms with van der Waals surface area (Å²) in [5.41, 5.74) is 1.93. The third kappa shape index (κ3) is 2.53. The molecule has 0 bridgehead atoms. The van der Waals surface area contributed by atoms with E-state index in [-0.39, 0.29) is 5.91 Å². The van der Waals surface area contributed by atoms with Crippen LogP contribution in [0.1, 0.15) is 11.3 Å². The molecule has 0 spiro atoms. The van der Waals surface area contributed by atoms with E-state index in [1.807, 2.05) is 19.1 Å². The van der Waals surface area contributed by atoms with Crippen molar-refractivity contribution in [2.24, 2.45) is 0 Å². The molecule has 1 aromatic rings. The number of amides is 1. The third-order valence-corrected chi connectivity index (χ3v) is 2.59. The van der Waals surface area contributed by atoms with Gasteiger partial charge in [-0.2, -0.15) is 0 Å². The number of nitrogens with zero attached hydrogens (tertiary/aromatic N) is 1. The van der Waals surface area contributed by atoms with E-state index in [2.05, 4.69) is 15.6 Å². The van der Waals surface area contributed by atoms with Gasteiger partial charge in [-0.05, 0) is 18.6 Å². The summed E-state index contributed by atoms with van der Waals surface area (Å²) in [4.78, 5) is 15.8. The molecule has 2 heterocycles. The zero-order valence-electron chi connectivity index (χ0n) is 8.79. The van der Waals surface area contributed by atoms with Crippen molar-refractivity contribution in [2.75, 3.05) is 13.1 Å². The second-order valence-electron chi connectivity index (χ2n) is 3.87. The highest BCUT2D eigenvalue weighted by Gasteiger charge is 2.19. The van der Waals surface area contributed by atoms with Gasteiger partial charge in [0.25, 0.3) is 0 Å². The second kappa shape index (κ2) is 4.40. The average Bonchev–Trinajstić information content (AvgIpc) is 2.16. The van der Waals surface area contributed by atoms with E-state index in [0.29, 0.717) is 12.5 Å². The Morgan fingerprint density at radius 1 is 1.67 bits per heavy atom. The minimum Gasteiger partial charge on any atom is -0.350 e. The van der Waals surface area contributed by atoms with Crippen LogP contribution in [0.25, 0.3) is 0 Å². The first kappa shape index (κ1) is 10.1. The number of aromatic nitrogens is 1. The van der Waals surface area contributed by atoms with E-state index < -0.39 is 0 Å². The van der Waals surface area contributed by atoms with E-state index in [4.69, 9.17) is 0 Å². The van der Waals surface area contributed by atoms with Crippen LogP contribution in [0.15, 0.2) is 18.3 Å². The SMILES string of the molecule is Cc1cccnc1CC(=O)NC1CNC1. The summed E-state index contributed by atoms with van der Waals surface area (Å²) in [6, 6.07) is 4.16. The Bertz CT molecular complexity index is 361. The molecule has 1 saturated heterocycles. The van der Waals surface area contributed by atoms with Gasteiger partial charge < -0.3 is 10.6 Å². The molecule has 1 aromatic heterocycles. The molecular formula is C11H15N3O. The standard InChI is InChI=1S/C11H15N3O/c1-8-3-2-4-13-10(8)5-11(15)14-9-6-12-7-9/h2-4,9,12H,5-7H2,1H3,(H,14,15). The van der Waals surface area contributed by atoms with Crippen molar-refractivity contribution < 1.29 is 4.79 Å². The molecule has 0 saturated carbocycles. The lowest BCUT2D eigenvalue weighted by Gasteiger charge is -2.27. The monoisotopic (exact) mass is 205 g/mol. The van der Waals surface area contributed by atoms with Crippen molar-refractivity contribution >= 4 is 5.91 Å².